The van der Waals surface area contributed by atoms with Gasteiger partial charge in [0.1, 0.15) is 28.9 Å². The number of aromatic amines is 1. The van der Waals surface area contributed by atoms with E-state index in [1.54, 1.807) is 79.1 Å². The third-order valence-electron chi connectivity index (χ3n) is 9.44. The Kier molecular flexibility index (Phi) is 13.5. The first-order valence-corrected chi connectivity index (χ1v) is 17.7. The van der Waals surface area contributed by atoms with Crippen LogP contribution in [-0.4, -0.2) is 68.4 Å². The molecule has 3 aromatic carbocycles. The van der Waals surface area contributed by atoms with Crippen molar-refractivity contribution in [2.45, 2.75) is 44.1 Å². The van der Waals surface area contributed by atoms with Crippen LogP contribution in [0.3, 0.4) is 0 Å². The maximum Gasteiger partial charge on any atom is 0.408 e. The van der Waals surface area contributed by atoms with E-state index in [1.165, 1.54) is 14.2 Å². The lowest BCUT2D eigenvalue weighted by Gasteiger charge is -2.44. The lowest BCUT2D eigenvalue weighted by atomic mass is 9.86. The minimum atomic E-state index is -1.05. The van der Waals surface area contributed by atoms with Gasteiger partial charge in [-0.25, -0.2) is 19.4 Å². The van der Waals surface area contributed by atoms with Gasteiger partial charge in [0.25, 0.3) is 0 Å². The summed E-state index contributed by atoms with van der Waals surface area (Å²) in [5.41, 5.74) is 2.55. The van der Waals surface area contributed by atoms with Gasteiger partial charge >= 0.3 is 18.0 Å². The van der Waals surface area contributed by atoms with Gasteiger partial charge in [0.05, 0.1) is 19.8 Å². The highest BCUT2D eigenvalue weighted by Gasteiger charge is 2.38. The van der Waals surface area contributed by atoms with E-state index in [1.807, 2.05) is 6.07 Å². The van der Waals surface area contributed by atoms with Crippen LogP contribution in [0.1, 0.15) is 57.6 Å². The van der Waals surface area contributed by atoms with Crippen LogP contribution in [0.15, 0.2) is 85.2 Å². The van der Waals surface area contributed by atoms with E-state index in [-0.39, 0.29) is 30.2 Å². The number of alkyl carbamates (subject to hydrolysis) is 1. The van der Waals surface area contributed by atoms with Gasteiger partial charge in [-0.05, 0) is 72.8 Å². The van der Waals surface area contributed by atoms with Crippen molar-refractivity contribution in [3.05, 3.63) is 123 Å². The summed E-state index contributed by atoms with van der Waals surface area (Å²) in [5, 5.41) is 3.45. The standard InChI is InChI=1S/C39H39Cl2N3O8.H2O/c1-48-32-12-11-27(18-34(32)49-2)33(19-29-30(40)20-42-21-31(29)41)51-37(45)28-10-6-7-24(17-28)23-50-39(47)43-36(26-8-4-3-5-9-26)38(46)52-35-22-44-15-13-25(35)14-16-44;/h3-12,17-18,20-21,25,33,35-36H,13-16,19,22-23H2,1-2H3,(H,43,47);1H2/t33?,35-,36?;/m0./s1. The molecule has 1 aromatic heterocycles. The van der Waals surface area contributed by atoms with Crippen LogP contribution in [0.25, 0.3) is 0 Å². The summed E-state index contributed by atoms with van der Waals surface area (Å²) in [6.45, 7) is 2.55. The number of nitrogens with one attached hydrogen (secondary N) is 2. The first kappa shape index (κ1) is 39.3. The number of piperidine rings is 3. The molecular formula is C39H41Cl2N3O9. The molecule has 0 saturated carbocycles. The van der Waals surface area contributed by atoms with Gasteiger partial charge in [-0.3, -0.25) is 4.90 Å². The first-order valence-electron chi connectivity index (χ1n) is 17.0. The number of hydrogen-bond acceptors (Lipinski definition) is 10. The highest BCUT2D eigenvalue weighted by Crippen LogP contribution is 2.36. The van der Waals surface area contributed by atoms with Crippen molar-refractivity contribution < 1.29 is 48.5 Å². The number of carbonyl (C=O) groups is 3. The van der Waals surface area contributed by atoms with E-state index < -0.39 is 30.2 Å². The third kappa shape index (κ3) is 9.76. The zero-order valence-corrected chi connectivity index (χ0v) is 30.8. The third-order valence-corrected chi connectivity index (χ3v) is 10.1. The summed E-state index contributed by atoms with van der Waals surface area (Å²) >= 11 is 12.9. The summed E-state index contributed by atoms with van der Waals surface area (Å²) < 4.78 is 28.4. The topological polar surface area (TPSA) is 157 Å². The van der Waals surface area contributed by atoms with Crippen molar-refractivity contribution in [3.8, 4) is 11.5 Å². The molecule has 4 heterocycles. The van der Waals surface area contributed by atoms with E-state index >= 15 is 0 Å². The average Bonchev–Trinajstić information content (AvgIpc) is 3.17. The Morgan fingerprint density at radius 3 is 2.26 bits per heavy atom. The zero-order valence-electron chi connectivity index (χ0n) is 29.3. The van der Waals surface area contributed by atoms with Gasteiger partial charge in [0, 0.05) is 18.5 Å². The number of amides is 1. The molecule has 53 heavy (non-hydrogen) atoms. The van der Waals surface area contributed by atoms with Crippen molar-refractivity contribution in [2.75, 3.05) is 33.9 Å². The van der Waals surface area contributed by atoms with Crippen molar-refractivity contribution >= 4 is 41.2 Å². The summed E-state index contributed by atoms with van der Waals surface area (Å²) in [5.74, 6) is 0.129. The van der Waals surface area contributed by atoms with Crippen molar-refractivity contribution in [2.24, 2.45) is 5.92 Å². The van der Waals surface area contributed by atoms with Crippen molar-refractivity contribution in [1.82, 2.24) is 10.2 Å². The van der Waals surface area contributed by atoms with Crippen LogP contribution in [0.4, 0.5) is 4.79 Å². The number of H-pyrrole nitrogens is 1. The number of benzene rings is 3. The van der Waals surface area contributed by atoms with E-state index in [0.29, 0.717) is 56.3 Å². The van der Waals surface area contributed by atoms with E-state index in [2.05, 4.69) is 15.2 Å². The highest BCUT2D eigenvalue weighted by molar-refractivity contribution is 6.35. The molecule has 3 saturated heterocycles. The Balaban J connectivity index is 0.00000541. The van der Waals surface area contributed by atoms with Crippen molar-refractivity contribution in [1.29, 1.82) is 0 Å². The minimum absolute atomic E-state index is 0. The molecule has 2 unspecified atom stereocenters. The molecule has 3 aliphatic heterocycles. The summed E-state index contributed by atoms with van der Waals surface area (Å²) in [7, 11) is 3.05. The second-order valence-corrected chi connectivity index (χ2v) is 13.5. The number of carbonyl (C=O) groups excluding carboxylic acids is 3. The molecule has 7 rings (SSSR count). The second-order valence-electron chi connectivity index (χ2n) is 12.7. The van der Waals surface area contributed by atoms with Gasteiger partial charge in [-0.15, -0.1) is 0 Å². The molecule has 0 aliphatic carbocycles. The number of rotatable bonds is 13. The van der Waals surface area contributed by atoms with E-state index in [9.17, 15) is 14.4 Å². The Labute approximate surface area is 317 Å². The normalized spacial score (nSPS) is 18.5. The van der Waals surface area contributed by atoms with Gasteiger partial charge < -0.3 is 34.5 Å². The van der Waals surface area contributed by atoms with Gasteiger partial charge in [0.2, 0.25) is 0 Å². The Morgan fingerprint density at radius 2 is 1.60 bits per heavy atom. The highest BCUT2D eigenvalue weighted by atomic mass is 35.5. The SMILES string of the molecule is COc1ccc(C(Cc2c(Cl)c[nH+]cc2Cl)OC(=O)c2cccc(COC(=O)NC(C(=O)O[C@H]3CN4CCC3CC4)c3ccccc3)c2)cc1OC.[OH-]. The van der Waals surface area contributed by atoms with Gasteiger partial charge in [0.15, 0.2) is 29.9 Å². The average molecular weight is 767 g/mol. The number of pyridine rings is 1. The molecule has 3 atom stereocenters. The summed E-state index contributed by atoms with van der Waals surface area (Å²) in [6, 6.07) is 19.7. The molecule has 3 fully saturated rings. The van der Waals surface area contributed by atoms with Crippen LogP contribution >= 0.6 is 23.2 Å². The van der Waals surface area contributed by atoms with Gasteiger partial charge in [-0.2, -0.15) is 0 Å². The maximum atomic E-state index is 13.6. The second kappa shape index (κ2) is 18.2. The van der Waals surface area contributed by atoms with Gasteiger partial charge in [-0.1, -0.05) is 71.7 Å². The predicted octanol–water partition coefficient (Wildman–Crippen LogP) is 6.39. The molecule has 3 aliphatic rings. The van der Waals surface area contributed by atoms with Crippen LogP contribution in [-0.2, 0) is 32.0 Å². The number of nitrogens with zero attached hydrogens (tertiary/aromatic N) is 1. The first-order chi connectivity index (χ1) is 25.2. The zero-order chi connectivity index (χ0) is 36.6. The molecule has 12 nitrogen and oxygen atoms in total. The summed E-state index contributed by atoms with van der Waals surface area (Å²) in [6.07, 6.45) is 3.50. The number of aromatic nitrogens is 1. The lowest BCUT2D eigenvalue weighted by molar-refractivity contribution is -0.377. The summed E-state index contributed by atoms with van der Waals surface area (Å²) in [4.78, 5) is 45.3. The number of ether oxygens (including phenoxy) is 5. The maximum absolute atomic E-state index is 13.6. The fourth-order valence-corrected chi connectivity index (χ4v) is 7.15. The van der Waals surface area contributed by atoms with Crippen LogP contribution in [0, 0.1) is 5.92 Å². The number of methoxy groups -OCH3 is 2. The largest absolute Gasteiger partial charge is 0.870 e. The Hall–Kier alpha value is -4.88. The molecule has 4 aromatic rings. The molecule has 280 valence electrons. The number of fused-ring (bicyclic) bond motifs is 3. The minimum Gasteiger partial charge on any atom is -0.870 e. The predicted molar refractivity (Wildman–Crippen MR) is 194 cm³/mol. The fraction of sp³-hybridized carbons (Fsp3) is 0.333. The number of esters is 2. The molecular weight excluding hydrogens is 725 g/mol. The molecule has 0 spiro atoms. The fourth-order valence-electron chi connectivity index (χ4n) is 6.62. The quantitative estimate of drug-likeness (QED) is 0.119. The Bertz CT molecular complexity index is 1870. The van der Waals surface area contributed by atoms with Crippen LogP contribution in [0.5, 0.6) is 11.5 Å². The number of hydrogen-bond donors (Lipinski definition) is 1. The molecule has 3 N–H and O–H groups in total. The van der Waals surface area contributed by atoms with E-state index in [0.717, 1.165) is 25.9 Å². The van der Waals surface area contributed by atoms with Crippen LogP contribution in [0.2, 0.25) is 10.0 Å². The van der Waals surface area contributed by atoms with E-state index in [4.69, 9.17) is 46.9 Å². The molecule has 1 amide bonds. The van der Waals surface area contributed by atoms with Crippen molar-refractivity contribution in [3.63, 3.8) is 0 Å². The monoisotopic (exact) mass is 765 g/mol. The smallest absolute Gasteiger partial charge is 0.408 e. The molecule has 14 heteroatoms. The Morgan fingerprint density at radius 1 is 0.887 bits per heavy atom. The molecule has 2 bridgehead atoms. The lowest BCUT2D eigenvalue weighted by Crippen LogP contribution is -2.52. The van der Waals surface area contributed by atoms with Crippen LogP contribution < -0.4 is 19.8 Å². The molecule has 0 radical (unpaired) electrons. The number of halogens is 2.